The monoisotopic (exact) mass is 194 g/mol. The minimum absolute atomic E-state index is 0.449. The molecule has 1 aromatic rings. The number of aromatic nitrogens is 2. The van der Waals surface area contributed by atoms with Gasteiger partial charge in [-0.2, -0.15) is 0 Å². The van der Waals surface area contributed by atoms with E-state index in [0.29, 0.717) is 0 Å². The van der Waals surface area contributed by atoms with Crippen LogP contribution in [-0.2, 0) is 4.74 Å². The number of rotatable bonds is 2. The summed E-state index contributed by atoms with van der Waals surface area (Å²) in [6.07, 6.45) is 4.01. The van der Waals surface area contributed by atoms with E-state index in [-0.39, 0.29) is 0 Å². The molecule has 4 heteroatoms. The third kappa shape index (κ3) is 2.22. The van der Waals surface area contributed by atoms with Crippen LogP contribution in [0.15, 0.2) is 30.9 Å². The van der Waals surface area contributed by atoms with Crippen LogP contribution >= 0.6 is 0 Å². The molecule has 0 aliphatic rings. The van der Waals surface area contributed by atoms with Crippen LogP contribution in [0.3, 0.4) is 0 Å². The van der Waals surface area contributed by atoms with E-state index in [4.69, 9.17) is 4.74 Å². The van der Waals surface area contributed by atoms with E-state index >= 15 is 0 Å². The average molecular weight is 194 g/mol. The maximum atomic E-state index is 11.5. The van der Waals surface area contributed by atoms with Crippen LogP contribution in [0.2, 0.25) is 0 Å². The molecule has 0 spiro atoms. The summed E-state index contributed by atoms with van der Waals surface area (Å²) in [5.74, 6) is 0. The molecule has 4 nitrogen and oxygen atoms in total. The Morgan fingerprint density at radius 3 is 2.64 bits per heavy atom. The minimum Gasteiger partial charge on any atom is -0.438 e. The molecule has 0 aliphatic heterocycles. The van der Waals surface area contributed by atoms with Crippen LogP contribution < -0.4 is 0 Å². The lowest BCUT2D eigenvalue weighted by Crippen LogP contribution is -2.30. The first kappa shape index (κ1) is 10.5. The van der Waals surface area contributed by atoms with E-state index in [1.165, 1.54) is 23.3 Å². The molecule has 0 unspecified atom stereocenters. The van der Waals surface area contributed by atoms with Gasteiger partial charge in [-0.3, -0.25) is 0 Å². The zero-order valence-electron chi connectivity index (χ0n) is 8.65. The summed E-state index contributed by atoms with van der Waals surface area (Å²) in [4.78, 5) is 15.2. The topological polar surface area (TPSA) is 44.1 Å². The molecule has 1 heterocycles. The van der Waals surface area contributed by atoms with E-state index in [2.05, 4.69) is 11.6 Å². The van der Waals surface area contributed by atoms with Gasteiger partial charge in [-0.15, -0.1) is 0 Å². The Labute approximate surface area is 83.2 Å². The van der Waals surface area contributed by atoms with Gasteiger partial charge < -0.3 is 4.74 Å². The van der Waals surface area contributed by atoms with Crippen molar-refractivity contribution in [3.63, 3.8) is 0 Å². The smallest absolute Gasteiger partial charge is 0.420 e. The normalized spacial score (nSPS) is 11.1. The summed E-state index contributed by atoms with van der Waals surface area (Å²) in [6, 6.07) is 0. The molecule has 0 aliphatic carbocycles. The first-order valence-corrected chi connectivity index (χ1v) is 4.31. The zero-order chi connectivity index (χ0) is 10.8. The van der Waals surface area contributed by atoms with Crippen molar-refractivity contribution in [1.29, 1.82) is 0 Å². The molecule has 1 rings (SSSR count). The average Bonchev–Trinajstić information content (AvgIpc) is 2.54. The molecule has 76 valence electrons. The van der Waals surface area contributed by atoms with Gasteiger partial charge in [0.2, 0.25) is 0 Å². The van der Waals surface area contributed by atoms with Crippen LogP contribution in [0.25, 0.3) is 0 Å². The highest BCUT2D eigenvalue weighted by Crippen LogP contribution is 2.19. The minimum atomic E-state index is -0.651. The Hall–Kier alpha value is -1.58. The first-order chi connectivity index (χ1) is 6.43. The molecule has 0 N–H and O–H groups in total. The number of carbonyl (C=O) groups is 1. The van der Waals surface area contributed by atoms with Gasteiger partial charge >= 0.3 is 6.09 Å². The van der Waals surface area contributed by atoms with E-state index in [9.17, 15) is 4.79 Å². The molecule has 0 aromatic carbocycles. The van der Waals surface area contributed by atoms with Gasteiger partial charge in [0.05, 0.1) is 0 Å². The number of hydrogen-bond acceptors (Lipinski definition) is 3. The summed E-state index contributed by atoms with van der Waals surface area (Å²) in [5, 5.41) is 0. The van der Waals surface area contributed by atoms with E-state index in [1.807, 2.05) is 6.92 Å². The molecule has 1 aromatic heterocycles. The van der Waals surface area contributed by atoms with Crippen molar-refractivity contribution in [2.45, 2.75) is 26.4 Å². The highest BCUT2D eigenvalue weighted by atomic mass is 16.6. The molecule has 0 atom stereocenters. The van der Waals surface area contributed by atoms with Gasteiger partial charge in [-0.05, 0) is 26.3 Å². The van der Waals surface area contributed by atoms with E-state index in [1.54, 1.807) is 13.8 Å². The molecule has 0 bridgehead atoms. The fraction of sp³-hybridized carbons (Fsp3) is 0.400. The van der Waals surface area contributed by atoms with Crippen LogP contribution in [-0.4, -0.2) is 21.2 Å². The third-order valence-corrected chi connectivity index (χ3v) is 2.09. The second-order valence-corrected chi connectivity index (χ2v) is 3.63. The van der Waals surface area contributed by atoms with Gasteiger partial charge in [0, 0.05) is 12.4 Å². The summed E-state index contributed by atoms with van der Waals surface area (Å²) in [7, 11) is 0. The number of ether oxygens (including phenoxy) is 1. The highest BCUT2D eigenvalue weighted by molar-refractivity contribution is 5.70. The maximum absolute atomic E-state index is 11.5. The van der Waals surface area contributed by atoms with Crippen molar-refractivity contribution in [3.05, 3.63) is 30.9 Å². The van der Waals surface area contributed by atoms with E-state index in [0.717, 1.165) is 5.57 Å². The van der Waals surface area contributed by atoms with Crippen LogP contribution in [0, 0.1) is 0 Å². The Morgan fingerprint density at radius 1 is 1.57 bits per heavy atom. The quantitative estimate of drug-likeness (QED) is 0.678. The third-order valence-electron chi connectivity index (χ3n) is 2.09. The fourth-order valence-electron chi connectivity index (χ4n) is 0.725. The van der Waals surface area contributed by atoms with Gasteiger partial charge in [0.25, 0.3) is 0 Å². The zero-order valence-corrected chi connectivity index (χ0v) is 8.65. The van der Waals surface area contributed by atoms with Gasteiger partial charge in [0.15, 0.2) is 0 Å². The summed E-state index contributed by atoms with van der Waals surface area (Å²) in [6.45, 7) is 9.17. The molecule has 0 radical (unpaired) electrons. The standard InChI is InChI=1S/C10H14N2O2/c1-8(2)10(3,4)14-9(13)12-6-5-11-7-12/h5-7H,1H2,2-4H3. The summed E-state index contributed by atoms with van der Waals surface area (Å²) >= 11 is 0. The van der Waals surface area contributed by atoms with Crippen molar-refractivity contribution in [2.24, 2.45) is 0 Å². The predicted octanol–water partition coefficient (Wildman–Crippen LogP) is 2.22. The van der Waals surface area contributed by atoms with E-state index < -0.39 is 11.7 Å². The molecule has 0 saturated heterocycles. The first-order valence-electron chi connectivity index (χ1n) is 4.31. The molecule has 0 amide bonds. The SMILES string of the molecule is C=C(C)C(C)(C)OC(=O)n1ccnc1. The lowest BCUT2D eigenvalue weighted by molar-refractivity contribution is 0.0656. The molecule has 14 heavy (non-hydrogen) atoms. The second-order valence-electron chi connectivity index (χ2n) is 3.63. The maximum Gasteiger partial charge on any atom is 0.420 e. The van der Waals surface area contributed by atoms with Gasteiger partial charge in [0.1, 0.15) is 11.9 Å². The van der Waals surface area contributed by atoms with Crippen LogP contribution in [0.1, 0.15) is 20.8 Å². The molecule has 0 fully saturated rings. The molecular formula is C10H14N2O2. The molecule has 0 saturated carbocycles. The Kier molecular flexibility index (Phi) is 2.74. The number of hydrogen-bond donors (Lipinski definition) is 0. The van der Waals surface area contributed by atoms with Crippen molar-refractivity contribution >= 4 is 6.09 Å². The van der Waals surface area contributed by atoms with Crippen LogP contribution in [0.4, 0.5) is 4.79 Å². The van der Waals surface area contributed by atoms with Crippen molar-refractivity contribution in [1.82, 2.24) is 9.55 Å². The number of carbonyl (C=O) groups excluding carboxylic acids is 1. The lowest BCUT2D eigenvalue weighted by Gasteiger charge is -2.25. The largest absolute Gasteiger partial charge is 0.438 e. The Bertz CT molecular complexity index is 339. The summed E-state index contributed by atoms with van der Waals surface area (Å²) in [5.41, 5.74) is 0.146. The Morgan fingerprint density at radius 2 is 2.21 bits per heavy atom. The van der Waals surface area contributed by atoms with Crippen molar-refractivity contribution < 1.29 is 9.53 Å². The highest BCUT2D eigenvalue weighted by Gasteiger charge is 2.24. The fourth-order valence-corrected chi connectivity index (χ4v) is 0.725. The van der Waals surface area contributed by atoms with Gasteiger partial charge in [-0.1, -0.05) is 6.58 Å². The predicted molar refractivity (Wildman–Crippen MR) is 53.0 cm³/mol. The van der Waals surface area contributed by atoms with Crippen LogP contribution in [0.5, 0.6) is 0 Å². The lowest BCUT2D eigenvalue weighted by atomic mass is 10.0. The Balaban J connectivity index is 2.71. The van der Waals surface area contributed by atoms with Gasteiger partial charge in [-0.25, -0.2) is 14.3 Å². The molecular weight excluding hydrogens is 180 g/mol. The number of imidazole rings is 1. The summed E-state index contributed by atoms with van der Waals surface area (Å²) < 4.78 is 6.51. The second kappa shape index (κ2) is 3.65. The van der Waals surface area contributed by atoms with Crippen molar-refractivity contribution in [2.75, 3.05) is 0 Å². The van der Waals surface area contributed by atoms with Crippen molar-refractivity contribution in [3.8, 4) is 0 Å². The number of nitrogens with zero attached hydrogens (tertiary/aromatic N) is 2.